The molecular formula is C26H34N6O4. The maximum Gasteiger partial charge on any atom is 0.173 e. The van der Waals surface area contributed by atoms with Crippen LogP contribution in [0.25, 0.3) is 0 Å². The molecule has 0 bridgehead atoms. The number of aromatic nitrogens is 4. The van der Waals surface area contributed by atoms with Gasteiger partial charge in [0.15, 0.2) is 17.3 Å². The van der Waals surface area contributed by atoms with E-state index in [0.717, 1.165) is 62.8 Å². The summed E-state index contributed by atoms with van der Waals surface area (Å²) in [5.41, 5.74) is 2.26. The van der Waals surface area contributed by atoms with Crippen molar-refractivity contribution in [3.05, 3.63) is 53.9 Å². The molecule has 0 spiro atoms. The van der Waals surface area contributed by atoms with Crippen molar-refractivity contribution in [2.45, 2.75) is 31.5 Å². The van der Waals surface area contributed by atoms with E-state index in [1.165, 1.54) is 5.69 Å². The van der Waals surface area contributed by atoms with Gasteiger partial charge in [0.1, 0.15) is 5.75 Å². The van der Waals surface area contributed by atoms with Crippen molar-refractivity contribution >= 4 is 5.69 Å². The summed E-state index contributed by atoms with van der Waals surface area (Å²) in [5.74, 6) is 3.07. The number of nitrogens with zero attached hydrogens (tertiary/aromatic N) is 6. The molecule has 36 heavy (non-hydrogen) atoms. The summed E-state index contributed by atoms with van der Waals surface area (Å²) in [6.07, 6.45) is 2.25. The van der Waals surface area contributed by atoms with Gasteiger partial charge in [-0.1, -0.05) is 6.07 Å². The fraction of sp³-hybridized carbons (Fsp3) is 0.500. The summed E-state index contributed by atoms with van der Waals surface area (Å²) < 4.78 is 24.2. The van der Waals surface area contributed by atoms with Gasteiger partial charge in [0.2, 0.25) is 0 Å². The lowest BCUT2D eigenvalue weighted by Gasteiger charge is -2.40. The Morgan fingerprint density at radius 1 is 0.944 bits per heavy atom. The molecule has 10 nitrogen and oxygen atoms in total. The van der Waals surface area contributed by atoms with Crippen LogP contribution in [0.3, 0.4) is 0 Å². The van der Waals surface area contributed by atoms with E-state index in [9.17, 15) is 0 Å². The van der Waals surface area contributed by atoms with Crippen molar-refractivity contribution in [2.24, 2.45) is 0 Å². The maximum absolute atomic E-state index is 5.88. The summed E-state index contributed by atoms with van der Waals surface area (Å²) >= 11 is 0. The lowest BCUT2D eigenvalue weighted by Crippen LogP contribution is -2.48. The van der Waals surface area contributed by atoms with Crippen LogP contribution < -0.4 is 19.1 Å². The number of benzene rings is 2. The van der Waals surface area contributed by atoms with Gasteiger partial charge in [0.25, 0.3) is 0 Å². The quantitative estimate of drug-likeness (QED) is 0.446. The standard InChI is InChI=1S/C26H34N6O4/c1-33-21-9-7-20(8-10-21)30-12-14-31(15-13-30)25(19-6-11-23(34-2)24(17-19)35-3)26-27-28-29-32(26)18-22-5-4-16-36-22/h6-11,17,22,25H,4-5,12-16,18H2,1-3H3/t22-,25-/m0/s1. The van der Waals surface area contributed by atoms with E-state index in [1.807, 2.05) is 28.9 Å². The molecule has 3 aromatic rings. The number of rotatable bonds is 9. The molecule has 2 atom stereocenters. The predicted molar refractivity (Wildman–Crippen MR) is 135 cm³/mol. The third kappa shape index (κ3) is 5.10. The van der Waals surface area contributed by atoms with E-state index in [-0.39, 0.29) is 12.1 Å². The first-order valence-electron chi connectivity index (χ1n) is 12.4. The Morgan fingerprint density at radius 3 is 2.39 bits per heavy atom. The Bertz CT molecular complexity index is 1120. The second-order valence-corrected chi connectivity index (χ2v) is 9.09. The Balaban J connectivity index is 1.42. The number of anilines is 1. The molecule has 5 rings (SSSR count). The topological polar surface area (TPSA) is 87.0 Å². The second-order valence-electron chi connectivity index (χ2n) is 9.09. The molecule has 2 aliphatic heterocycles. The Morgan fingerprint density at radius 2 is 1.72 bits per heavy atom. The molecular weight excluding hydrogens is 460 g/mol. The van der Waals surface area contributed by atoms with Gasteiger partial charge >= 0.3 is 0 Å². The number of ether oxygens (including phenoxy) is 4. The number of hydrogen-bond acceptors (Lipinski definition) is 9. The molecule has 2 aromatic carbocycles. The van der Waals surface area contributed by atoms with Gasteiger partial charge in [-0.05, 0) is 65.2 Å². The fourth-order valence-electron chi connectivity index (χ4n) is 5.10. The highest BCUT2D eigenvalue weighted by Gasteiger charge is 2.32. The zero-order valence-corrected chi connectivity index (χ0v) is 21.2. The van der Waals surface area contributed by atoms with Crippen molar-refractivity contribution in [1.29, 1.82) is 0 Å². The maximum atomic E-state index is 5.88. The molecule has 2 saturated heterocycles. The Labute approximate surface area is 211 Å². The van der Waals surface area contributed by atoms with Gasteiger partial charge in [-0.25, -0.2) is 4.68 Å². The van der Waals surface area contributed by atoms with Crippen molar-refractivity contribution in [2.75, 3.05) is 59.0 Å². The molecule has 0 aliphatic carbocycles. The fourth-order valence-corrected chi connectivity index (χ4v) is 5.10. The highest BCUT2D eigenvalue weighted by atomic mass is 16.5. The lowest BCUT2D eigenvalue weighted by molar-refractivity contribution is 0.0906. The van der Waals surface area contributed by atoms with Crippen LogP contribution >= 0.6 is 0 Å². The van der Waals surface area contributed by atoms with Crippen LogP contribution in [0.1, 0.15) is 30.3 Å². The van der Waals surface area contributed by atoms with Crippen molar-refractivity contribution in [3.63, 3.8) is 0 Å². The van der Waals surface area contributed by atoms with Crippen molar-refractivity contribution in [1.82, 2.24) is 25.1 Å². The van der Waals surface area contributed by atoms with E-state index < -0.39 is 0 Å². The van der Waals surface area contributed by atoms with Gasteiger partial charge < -0.3 is 23.8 Å². The van der Waals surface area contributed by atoms with Crippen molar-refractivity contribution < 1.29 is 18.9 Å². The number of hydrogen-bond donors (Lipinski definition) is 0. The zero-order chi connectivity index (χ0) is 24.9. The smallest absolute Gasteiger partial charge is 0.173 e. The van der Waals surface area contributed by atoms with E-state index in [4.69, 9.17) is 18.9 Å². The molecule has 0 unspecified atom stereocenters. The number of piperazine rings is 1. The van der Waals surface area contributed by atoms with Crippen LogP contribution in [0.4, 0.5) is 5.69 Å². The average Bonchev–Trinajstić information content (AvgIpc) is 3.62. The first kappa shape index (κ1) is 24.3. The van der Waals surface area contributed by atoms with Crippen LogP contribution in [0, 0.1) is 0 Å². The molecule has 0 saturated carbocycles. The largest absolute Gasteiger partial charge is 0.497 e. The molecule has 3 heterocycles. The van der Waals surface area contributed by atoms with Crippen LogP contribution in [-0.4, -0.2) is 85.3 Å². The zero-order valence-electron chi connectivity index (χ0n) is 21.2. The molecule has 10 heteroatoms. The highest BCUT2D eigenvalue weighted by Crippen LogP contribution is 2.35. The molecule has 192 valence electrons. The number of methoxy groups -OCH3 is 3. The molecule has 2 fully saturated rings. The summed E-state index contributed by atoms with van der Waals surface area (Å²) in [5, 5.41) is 12.9. The minimum atomic E-state index is -0.126. The first-order valence-corrected chi connectivity index (χ1v) is 12.4. The van der Waals surface area contributed by atoms with Gasteiger partial charge in [-0.15, -0.1) is 5.10 Å². The summed E-state index contributed by atoms with van der Waals surface area (Å²) in [7, 11) is 5.00. The second kappa shape index (κ2) is 11.1. The van der Waals surface area contributed by atoms with Crippen LogP contribution in [0.5, 0.6) is 17.2 Å². The molecule has 0 radical (unpaired) electrons. The van der Waals surface area contributed by atoms with E-state index in [0.29, 0.717) is 18.0 Å². The molecule has 0 N–H and O–H groups in total. The Kier molecular flexibility index (Phi) is 7.52. The van der Waals surface area contributed by atoms with Crippen LogP contribution in [-0.2, 0) is 11.3 Å². The van der Waals surface area contributed by atoms with E-state index >= 15 is 0 Å². The minimum Gasteiger partial charge on any atom is -0.497 e. The third-order valence-corrected chi connectivity index (χ3v) is 7.05. The van der Waals surface area contributed by atoms with Gasteiger partial charge in [0, 0.05) is 38.5 Å². The molecule has 2 aliphatic rings. The predicted octanol–water partition coefficient (Wildman–Crippen LogP) is 2.79. The third-order valence-electron chi connectivity index (χ3n) is 7.05. The van der Waals surface area contributed by atoms with Gasteiger partial charge in [0.05, 0.1) is 40.0 Å². The van der Waals surface area contributed by atoms with Crippen molar-refractivity contribution in [3.8, 4) is 17.2 Å². The average molecular weight is 495 g/mol. The summed E-state index contributed by atoms with van der Waals surface area (Å²) in [6.45, 7) is 4.95. The molecule has 0 amide bonds. The highest BCUT2D eigenvalue weighted by molar-refractivity contribution is 5.50. The first-order chi connectivity index (χ1) is 17.7. The monoisotopic (exact) mass is 494 g/mol. The van der Waals surface area contributed by atoms with Gasteiger partial charge in [-0.3, -0.25) is 4.90 Å². The van der Waals surface area contributed by atoms with Crippen LogP contribution in [0.2, 0.25) is 0 Å². The summed E-state index contributed by atoms with van der Waals surface area (Å²) in [4.78, 5) is 4.84. The Hall–Kier alpha value is -3.37. The summed E-state index contributed by atoms with van der Waals surface area (Å²) in [6, 6.07) is 14.2. The SMILES string of the molecule is COc1ccc(N2CCN([C@@H](c3ccc(OC)c(OC)c3)c3nnnn3C[C@@H]3CCCO3)CC2)cc1. The van der Waals surface area contributed by atoms with E-state index in [2.05, 4.69) is 43.5 Å². The van der Waals surface area contributed by atoms with Crippen LogP contribution in [0.15, 0.2) is 42.5 Å². The normalized spacial score (nSPS) is 19.3. The van der Waals surface area contributed by atoms with E-state index in [1.54, 1.807) is 21.3 Å². The lowest BCUT2D eigenvalue weighted by atomic mass is 10.0. The number of tetrazole rings is 1. The van der Waals surface area contributed by atoms with Gasteiger partial charge in [-0.2, -0.15) is 0 Å². The minimum absolute atomic E-state index is 0.126. The molecule has 1 aromatic heterocycles.